The normalized spacial score (nSPS) is 10.2. The Morgan fingerprint density at radius 2 is 1.79 bits per heavy atom. The van der Waals surface area contributed by atoms with Crippen LogP contribution >= 0.6 is 23.2 Å². The maximum atomic E-state index is 11.9. The maximum absolute atomic E-state index is 11.9. The molecule has 5 nitrogen and oxygen atoms in total. The second-order valence-corrected chi connectivity index (χ2v) is 5.88. The van der Waals surface area contributed by atoms with Crippen LogP contribution in [-0.2, 0) is 9.59 Å². The molecule has 2 aromatic carbocycles. The highest BCUT2D eigenvalue weighted by molar-refractivity contribution is 6.35. The monoisotopic (exact) mass is 366 g/mol. The molecule has 0 unspecified atom stereocenters. The van der Waals surface area contributed by atoms with Crippen molar-refractivity contribution in [2.24, 2.45) is 0 Å². The lowest BCUT2D eigenvalue weighted by atomic mass is 10.2. The summed E-state index contributed by atoms with van der Waals surface area (Å²) in [6, 6.07) is 11.7. The van der Waals surface area contributed by atoms with Crippen LogP contribution in [0.5, 0.6) is 5.75 Å². The van der Waals surface area contributed by atoms with Gasteiger partial charge in [0.15, 0.2) is 6.61 Å². The zero-order valence-electron chi connectivity index (χ0n) is 13.2. The van der Waals surface area contributed by atoms with Gasteiger partial charge in [-0.05, 0) is 42.5 Å². The second-order valence-electron chi connectivity index (χ2n) is 5.04. The molecule has 1 N–H and O–H groups in total. The van der Waals surface area contributed by atoms with Crippen LogP contribution in [-0.4, -0.2) is 25.5 Å². The third-order valence-electron chi connectivity index (χ3n) is 3.26. The maximum Gasteiger partial charge on any atom is 0.262 e. The summed E-state index contributed by atoms with van der Waals surface area (Å²) in [4.78, 5) is 24.7. The topological polar surface area (TPSA) is 58.6 Å². The van der Waals surface area contributed by atoms with Crippen LogP contribution in [0.3, 0.4) is 0 Å². The van der Waals surface area contributed by atoms with Crippen LogP contribution < -0.4 is 15.0 Å². The molecule has 0 aliphatic heterocycles. The van der Waals surface area contributed by atoms with Crippen LogP contribution in [0.15, 0.2) is 42.5 Å². The van der Waals surface area contributed by atoms with Crippen LogP contribution in [0.2, 0.25) is 10.0 Å². The highest BCUT2D eigenvalue weighted by atomic mass is 35.5. The molecule has 0 fully saturated rings. The van der Waals surface area contributed by atoms with Gasteiger partial charge in [-0.2, -0.15) is 0 Å². The summed E-state index contributed by atoms with van der Waals surface area (Å²) < 4.78 is 5.36. The van der Waals surface area contributed by atoms with Gasteiger partial charge in [0.25, 0.3) is 5.91 Å². The zero-order chi connectivity index (χ0) is 17.7. The Hall–Kier alpha value is -2.24. The van der Waals surface area contributed by atoms with Gasteiger partial charge in [-0.25, -0.2) is 0 Å². The Kier molecular flexibility index (Phi) is 6.06. The van der Waals surface area contributed by atoms with E-state index in [0.717, 1.165) is 5.69 Å². The van der Waals surface area contributed by atoms with E-state index in [0.29, 0.717) is 21.5 Å². The van der Waals surface area contributed by atoms with Crippen molar-refractivity contribution in [3.63, 3.8) is 0 Å². The summed E-state index contributed by atoms with van der Waals surface area (Å²) in [5.41, 5.74) is 1.34. The molecule has 2 aromatic rings. The molecule has 0 aliphatic rings. The summed E-state index contributed by atoms with van der Waals surface area (Å²) >= 11 is 11.8. The first-order chi connectivity index (χ1) is 11.4. The molecule has 0 aromatic heterocycles. The predicted molar refractivity (Wildman–Crippen MR) is 96.1 cm³/mol. The molecule has 2 rings (SSSR count). The minimum absolute atomic E-state index is 0.0694. The van der Waals surface area contributed by atoms with Gasteiger partial charge in [0.05, 0.1) is 5.02 Å². The van der Waals surface area contributed by atoms with E-state index in [9.17, 15) is 9.59 Å². The number of benzene rings is 2. The van der Waals surface area contributed by atoms with E-state index in [1.807, 2.05) is 0 Å². The molecule has 0 bridgehead atoms. The van der Waals surface area contributed by atoms with Crippen molar-refractivity contribution in [3.8, 4) is 5.75 Å². The zero-order valence-corrected chi connectivity index (χ0v) is 14.7. The summed E-state index contributed by atoms with van der Waals surface area (Å²) in [5.74, 6) is -0.0108. The van der Waals surface area contributed by atoms with Crippen molar-refractivity contribution in [2.45, 2.75) is 6.92 Å². The number of hydrogen-bond donors (Lipinski definition) is 1. The van der Waals surface area contributed by atoms with Crippen molar-refractivity contribution < 1.29 is 14.3 Å². The first kappa shape index (κ1) is 18.1. The van der Waals surface area contributed by atoms with Gasteiger partial charge in [0, 0.05) is 30.4 Å². The van der Waals surface area contributed by atoms with Crippen LogP contribution in [0.25, 0.3) is 0 Å². The van der Waals surface area contributed by atoms with Gasteiger partial charge in [-0.3, -0.25) is 9.59 Å². The van der Waals surface area contributed by atoms with Crippen molar-refractivity contribution in [3.05, 3.63) is 52.5 Å². The van der Waals surface area contributed by atoms with Crippen molar-refractivity contribution in [1.82, 2.24) is 0 Å². The summed E-state index contributed by atoms with van der Waals surface area (Å²) in [5, 5.41) is 3.53. The molecule has 0 spiro atoms. The molecule has 0 atom stereocenters. The van der Waals surface area contributed by atoms with Crippen LogP contribution in [0.1, 0.15) is 6.92 Å². The molecular formula is C17H16Cl2N2O3. The smallest absolute Gasteiger partial charge is 0.262 e. The second kappa shape index (κ2) is 8.04. The first-order valence-corrected chi connectivity index (χ1v) is 7.84. The molecule has 2 amide bonds. The lowest BCUT2D eigenvalue weighted by molar-refractivity contribution is -0.118. The highest BCUT2D eigenvalue weighted by Gasteiger charge is 2.08. The molecule has 126 valence electrons. The molecule has 0 radical (unpaired) electrons. The molecular weight excluding hydrogens is 351 g/mol. The fourth-order valence-corrected chi connectivity index (χ4v) is 2.35. The van der Waals surface area contributed by atoms with Gasteiger partial charge < -0.3 is 15.0 Å². The van der Waals surface area contributed by atoms with Gasteiger partial charge in [0.1, 0.15) is 5.75 Å². The molecule has 0 saturated carbocycles. The number of ether oxygens (including phenoxy) is 1. The quantitative estimate of drug-likeness (QED) is 0.869. The van der Waals surface area contributed by atoms with E-state index in [-0.39, 0.29) is 18.4 Å². The molecule has 0 heterocycles. The van der Waals surface area contributed by atoms with Crippen molar-refractivity contribution in [2.75, 3.05) is 23.9 Å². The van der Waals surface area contributed by atoms with E-state index in [1.54, 1.807) is 49.5 Å². The van der Waals surface area contributed by atoms with Gasteiger partial charge in [0.2, 0.25) is 5.91 Å². The number of carbonyl (C=O) groups is 2. The lowest BCUT2D eigenvalue weighted by Crippen LogP contribution is -2.23. The molecule has 0 saturated heterocycles. The number of nitrogens with zero attached hydrogens (tertiary/aromatic N) is 1. The largest absolute Gasteiger partial charge is 0.482 e. The number of rotatable bonds is 5. The Bertz CT molecular complexity index is 748. The van der Waals surface area contributed by atoms with E-state index < -0.39 is 0 Å². The fourth-order valence-electron chi connectivity index (χ4n) is 1.88. The van der Waals surface area contributed by atoms with Gasteiger partial charge in [-0.15, -0.1) is 0 Å². The minimum Gasteiger partial charge on any atom is -0.482 e. The van der Waals surface area contributed by atoms with Gasteiger partial charge in [-0.1, -0.05) is 23.2 Å². The number of hydrogen-bond acceptors (Lipinski definition) is 3. The summed E-state index contributed by atoms with van der Waals surface area (Å²) in [6.45, 7) is 1.30. The van der Waals surface area contributed by atoms with E-state index in [4.69, 9.17) is 27.9 Å². The first-order valence-electron chi connectivity index (χ1n) is 7.09. The number of nitrogens with one attached hydrogen (secondary N) is 1. The Morgan fingerprint density at radius 3 is 2.38 bits per heavy atom. The Labute approximate surface area is 150 Å². The Balaban J connectivity index is 1.91. The average molecular weight is 367 g/mol. The number of carbonyl (C=O) groups excluding carboxylic acids is 2. The van der Waals surface area contributed by atoms with Gasteiger partial charge >= 0.3 is 0 Å². The van der Waals surface area contributed by atoms with E-state index >= 15 is 0 Å². The molecule has 0 aliphatic carbocycles. The number of amides is 2. The van der Waals surface area contributed by atoms with Crippen molar-refractivity contribution in [1.29, 1.82) is 0 Å². The van der Waals surface area contributed by atoms with Crippen molar-refractivity contribution >= 4 is 46.4 Å². The third-order valence-corrected chi connectivity index (χ3v) is 3.79. The van der Waals surface area contributed by atoms with E-state index in [1.165, 1.54) is 11.8 Å². The highest BCUT2D eigenvalue weighted by Crippen LogP contribution is 2.27. The van der Waals surface area contributed by atoms with E-state index in [2.05, 4.69) is 5.32 Å². The molecule has 24 heavy (non-hydrogen) atoms. The standard InChI is InChI=1S/C17H16Cl2N2O3/c1-11(22)21(2)14-6-4-13(5-7-14)20-17(23)10-24-16-8-3-12(18)9-15(16)19/h3-9H,10H2,1-2H3,(H,20,23). The number of anilines is 2. The average Bonchev–Trinajstić information content (AvgIpc) is 2.54. The minimum atomic E-state index is -0.325. The summed E-state index contributed by atoms with van der Waals surface area (Å²) in [7, 11) is 1.68. The Morgan fingerprint density at radius 1 is 1.12 bits per heavy atom. The summed E-state index contributed by atoms with van der Waals surface area (Å²) in [6.07, 6.45) is 0. The number of halogens is 2. The van der Waals surface area contributed by atoms with Crippen LogP contribution in [0.4, 0.5) is 11.4 Å². The SMILES string of the molecule is CC(=O)N(C)c1ccc(NC(=O)COc2ccc(Cl)cc2Cl)cc1. The lowest BCUT2D eigenvalue weighted by Gasteiger charge is -2.15. The predicted octanol–water partition coefficient (Wildman–Crippen LogP) is 3.99. The molecule has 7 heteroatoms. The van der Waals surface area contributed by atoms with Crippen LogP contribution in [0, 0.1) is 0 Å². The fraction of sp³-hybridized carbons (Fsp3) is 0.176. The third kappa shape index (κ3) is 4.88.